The first kappa shape index (κ1) is 28.4. The topological polar surface area (TPSA) is 233 Å². The van der Waals surface area contributed by atoms with Crippen LogP contribution >= 0.6 is 0 Å². The molecule has 0 aromatic carbocycles. The predicted octanol–water partition coefficient (Wildman–Crippen LogP) is -10.0. The first-order chi connectivity index (χ1) is 11.4. The van der Waals surface area contributed by atoms with Crippen molar-refractivity contribution in [1.29, 1.82) is 0 Å². The van der Waals surface area contributed by atoms with Crippen LogP contribution < -0.4 is 53.2 Å². The molecule has 1 aliphatic heterocycles. The van der Waals surface area contributed by atoms with Crippen LogP contribution in [0.5, 0.6) is 0 Å². The Morgan fingerprint density at radius 1 is 0.654 bits per heavy atom. The summed E-state index contributed by atoms with van der Waals surface area (Å²) in [6.45, 7) is 5.73. The summed E-state index contributed by atoms with van der Waals surface area (Å²) in [5, 5.41) is 10.1. The SMILES string of the molecule is [O-][Cl+3]([O-])([O-])[O-].[O-][Cl+3]([O-])([O-])[O-].[Pb+2].c1cc2nc(c1)CNCCNCCNC2. The van der Waals surface area contributed by atoms with Gasteiger partial charge in [0.2, 0.25) is 0 Å². The minimum Gasteiger partial charge on any atom is -0.314 e. The molecule has 0 atom stereocenters. The molecule has 0 aliphatic carbocycles. The van der Waals surface area contributed by atoms with Gasteiger partial charge in [0.05, 0.1) is 11.4 Å². The van der Waals surface area contributed by atoms with E-state index in [0.29, 0.717) is 0 Å². The Hall–Kier alpha value is 0.212. The van der Waals surface area contributed by atoms with Crippen molar-refractivity contribution in [1.82, 2.24) is 20.9 Å². The minimum atomic E-state index is -4.94. The monoisotopic (exact) mass is 612 g/mol. The number of nitrogens with one attached hydrogen (secondary N) is 3. The number of hydrogen-bond acceptors (Lipinski definition) is 12. The molecule has 1 aromatic rings. The zero-order valence-corrected chi connectivity index (χ0v) is 18.8. The van der Waals surface area contributed by atoms with E-state index in [9.17, 15) is 0 Å². The van der Waals surface area contributed by atoms with E-state index in [4.69, 9.17) is 37.3 Å². The Morgan fingerprint density at radius 3 is 1.31 bits per heavy atom. The molecule has 0 unspecified atom stereocenters. The molecule has 0 saturated carbocycles. The number of aromatic nitrogens is 1. The molecule has 2 heterocycles. The third kappa shape index (κ3) is 26.4. The fourth-order valence-electron chi connectivity index (χ4n) is 1.64. The Kier molecular flexibility index (Phi) is 16.6. The molecule has 0 fully saturated rings. The number of rotatable bonds is 0. The van der Waals surface area contributed by atoms with E-state index in [0.717, 1.165) is 50.7 Å². The van der Waals surface area contributed by atoms with Crippen LogP contribution in [0.4, 0.5) is 0 Å². The molecule has 0 spiro atoms. The summed E-state index contributed by atoms with van der Waals surface area (Å²) in [7, 11) is -9.89. The van der Waals surface area contributed by atoms with Crippen LogP contribution in [0.15, 0.2) is 18.2 Å². The quantitative estimate of drug-likeness (QED) is 0.232. The molecule has 12 nitrogen and oxygen atoms in total. The number of nitrogens with zero attached hydrogens (tertiary/aromatic N) is 1. The maximum atomic E-state index is 8.49. The number of hydrogen-bond donors (Lipinski definition) is 3. The average molecular weight is 612 g/mol. The molecular formula is C11H18Cl2N4O8Pb. The second kappa shape index (κ2) is 15.2. The zero-order valence-electron chi connectivity index (χ0n) is 13.4. The summed E-state index contributed by atoms with van der Waals surface area (Å²) in [6.07, 6.45) is 0. The summed E-state index contributed by atoms with van der Waals surface area (Å²) in [5.74, 6) is 0. The van der Waals surface area contributed by atoms with Crippen molar-refractivity contribution >= 4 is 27.3 Å². The van der Waals surface area contributed by atoms with E-state index in [2.05, 4.69) is 39.1 Å². The van der Waals surface area contributed by atoms with Gasteiger partial charge in [-0.1, -0.05) is 6.07 Å². The normalized spacial score (nSPS) is 15.5. The molecule has 148 valence electrons. The van der Waals surface area contributed by atoms with Gasteiger partial charge in [0.15, 0.2) is 0 Å². The van der Waals surface area contributed by atoms with Gasteiger partial charge >= 0.3 is 27.3 Å². The molecule has 0 amide bonds. The number of pyridine rings is 1. The molecular weight excluding hydrogens is 594 g/mol. The van der Waals surface area contributed by atoms with Crippen molar-refractivity contribution in [2.75, 3.05) is 26.2 Å². The van der Waals surface area contributed by atoms with Gasteiger partial charge in [-0.2, -0.15) is 0 Å². The van der Waals surface area contributed by atoms with Crippen molar-refractivity contribution < 1.29 is 57.8 Å². The van der Waals surface area contributed by atoms with Crippen molar-refractivity contribution in [3.63, 3.8) is 0 Å². The van der Waals surface area contributed by atoms with Gasteiger partial charge in [-0.25, -0.2) is 37.3 Å². The summed E-state index contributed by atoms with van der Waals surface area (Å²) in [6, 6.07) is 6.20. The van der Waals surface area contributed by atoms with E-state index >= 15 is 0 Å². The van der Waals surface area contributed by atoms with E-state index in [1.54, 1.807) is 0 Å². The minimum absolute atomic E-state index is 0. The Labute approximate surface area is 174 Å². The fourth-order valence-corrected chi connectivity index (χ4v) is 1.64. The Balaban J connectivity index is 0. The van der Waals surface area contributed by atoms with Gasteiger partial charge in [-0.05, 0) is 12.1 Å². The van der Waals surface area contributed by atoms with Crippen LogP contribution in [0.25, 0.3) is 0 Å². The van der Waals surface area contributed by atoms with Crippen molar-refractivity contribution in [2.45, 2.75) is 13.1 Å². The molecule has 2 bridgehead atoms. The molecule has 26 heavy (non-hydrogen) atoms. The molecule has 2 rings (SSSR count). The van der Waals surface area contributed by atoms with Crippen LogP contribution in [0.2, 0.25) is 0 Å². The molecule has 3 N–H and O–H groups in total. The third-order valence-corrected chi connectivity index (χ3v) is 2.43. The van der Waals surface area contributed by atoms with Gasteiger partial charge in [0, 0.05) is 39.3 Å². The summed E-state index contributed by atoms with van der Waals surface area (Å²) < 4.78 is 67.9. The van der Waals surface area contributed by atoms with Gasteiger partial charge in [-0.15, -0.1) is 20.5 Å². The largest absolute Gasteiger partial charge is 2.00 e. The van der Waals surface area contributed by atoms with E-state index in [1.165, 1.54) is 0 Å². The number of halogens is 2. The summed E-state index contributed by atoms with van der Waals surface area (Å²) in [5.41, 5.74) is 2.24. The van der Waals surface area contributed by atoms with Crippen LogP contribution in [0.3, 0.4) is 0 Å². The van der Waals surface area contributed by atoms with Crippen molar-refractivity contribution in [3.8, 4) is 0 Å². The van der Waals surface area contributed by atoms with Gasteiger partial charge < -0.3 is 16.0 Å². The molecule has 1 aromatic heterocycles. The molecule has 15 heteroatoms. The van der Waals surface area contributed by atoms with Crippen LogP contribution in [0.1, 0.15) is 11.4 Å². The maximum Gasteiger partial charge on any atom is 2.00 e. The van der Waals surface area contributed by atoms with Crippen LogP contribution in [-0.4, -0.2) is 58.5 Å². The molecule has 2 radical (unpaired) electrons. The molecule has 1 aliphatic rings. The smallest absolute Gasteiger partial charge is 0.314 e. The Bertz CT molecular complexity index is 429. The van der Waals surface area contributed by atoms with E-state index < -0.39 is 20.5 Å². The summed E-state index contributed by atoms with van der Waals surface area (Å²) >= 11 is 0. The van der Waals surface area contributed by atoms with E-state index in [-0.39, 0.29) is 27.3 Å². The predicted molar refractivity (Wildman–Crippen MR) is 66.3 cm³/mol. The number of fused-ring (bicyclic) bond motifs is 2. The molecule has 0 saturated heterocycles. The van der Waals surface area contributed by atoms with Crippen molar-refractivity contribution in [3.05, 3.63) is 29.6 Å². The standard InChI is InChI=1S/C11H18N4.2ClHO4.Pb/c1-2-10-8-13-6-4-12-5-7-14-9-11(3-1)15-10;2*2-1(3,4)5;/h1-3,12-14H,4-9H2;2*(H,2,3,4,5);/q;;;+2/p-2. The second-order valence-corrected chi connectivity index (χ2v) is 5.99. The van der Waals surface area contributed by atoms with Gasteiger partial charge in [0.1, 0.15) is 0 Å². The van der Waals surface area contributed by atoms with Crippen LogP contribution in [-0.2, 0) is 13.1 Å². The maximum absolute atomic E-state index is 8.49. The second-order valence-electron chi connectivity index (χ2n) is 4.48. The third-order valence-electron chi connectivity index (χ3n) is 2.43. The summed E-state index contributed by atoms with van der Waals surface area (Å²) in [4.78, 5) is 4.56. The fraction of sp³-hybridized carbons (Fsp3) is 0.545. The zero-order chi connectivity index (χ0) is 19.3. The first-order valence-corrected chi connectivity index (χ1v) is 9.22. The first-order valence-electron chi connectivity index (χ1n) is 6.75. The van der Waals surface area contributed by atoms with Crippen LogP contribution in [0, 0.1) is 20.5 Å². The Morgan fingerprint density at radius 2 is 0.962 bits per heavy atom. The van der Waals surface area contributed by atoms with E-state index in [1.807, 2.05) is 0 Å². The van der Waals surface area contributed by atoms with Gasteiger partial charge in [-0.3, -0.25) is 4.98 Å². The average Bonchev–Trinajstić information content (AvgIpc) is 2.41. The van der Waals surface area contributed by atoms with Crippen molar-refractivity contribution in [2.24, 2.45) is 0 Å². The van der Waals surface area contributed by atoms with Gasteiger partial charge in [0.25, 0.3) is 0 Å².